The second kappa shape index (κ2) is 5.26. The summed E-state index contributed by atoms with van der Waals surface area (Å²) in [5.74, 6) is 0.313. The zero-order chi connectivity index (χ0) is 13.1. The molecule has 0 aromatic carbocycles. The highest BCUT2D eigenvalue weighted by atomic mass is 32.1. The number of hydrogen-bond acceptors (Lipinski definition) is 5. The largest absolute Gasteiger partial charge is 0.388 e. The van der Waals surface area contributed by atoms with Gasteiger partial charge in [-0.25, -0.2) is 9.97 Å². The van der Waals surface area contributed by atoms with Crippen molar-refractivity contribution in [3.05, 3.63) is 18.1 Å². The van der Waals surface area contributed by atoms with Crippen molar-refractivity contribution in [1.29, 1.82) is 0 Å². The maximum atomic E-state index is 11.4. The van der Waals surface area contributed by atoms with Crippen LogP contribution >= 0.6 is 12.2 Å². The maximum Gasteiger partial charge on any atom is 0.240 e. The predicted octanol–water partition coefficient (Wildman–Crippen LogP) is -0.0450. The van der Waals surface area contributed by atoms with Gasteiger partial charge >= 0.3 is 0 Å². The lowest BCUT2D eigenvalue weighted by atomic mass is 10.0. The van der Waals surface area contributed by atoms with E-state index in [4.69, 9.17) is 23.7 Å². The Morgan fingerprint density at radius 1 is 1.33 bits per heavy atom. The molecular formula is C11H15N5OS. The van der Waals surface area contributed by atoms with E-state index in [0.29, 0.717) is 11.5 Å². The number of hydrogen-bond donors (Lipinski definition) is 2. The molecule has 1 aliphatic rings. The summed E-state index contributed by atoms with van der Waals surface area (Å²) >= 11 is 4.81. The lowest BCUT2D eigenvalue weighted by molar-refractivity contribution is -0.119. The van der Waals surface area contributed by atoms with Crippen molar-refractivity contribution in [1.82, 2.24) is 9.97 Å². The van der Waals surface area contributed by atoms with Gasteiger partial charge in [0.2, 0.25) is 5.91 Å². The van der Waals surface area contributed by atoms with Crippen LogP contribution in [0.5, 0.6) is 0 Å². The van der Waals surface area contributed by atoms with Crippen molar-refractivity contribution in [3.63, 3.8) is 0 Å². The van der Waals surface area contributed by atoms with Crippen LogP contribution in [0.3, 0.4) is 0 Å². The van der Waals surface area contributed by atoms with Crippen LogP contribution in [0.4, 0.5) is 5.82 Å². The van der Waals surface area contributed by atoms with Crippen molar-refractivity contribution in [2.75, 3.05) is 11.4 Å². The molecule has 7 heteroatoms. The van der Waals surface area contributed by atoms with E-state index < -0.39 is 0 Å². The minimum Gasteiger partial charge on any atom is -0.388 e. The van der Waals surface area contributed by atoms with Crippen LogP contribution in [0.25, 0.3) is 0 Å². The quantitative estimate of drug-likeness (QED) is 0.744. The number of thiocarbonyl (C=S) groups is 1. The third kappa shape index (κ3) is 2.56. The third-order valence-electron chi connectivity index (χ3n) is 3.02. The highest BCUT2D eigenvalue weighted by Gasteiger charge is 2.27. The molecule has 1 aromatic heterocycles. The van der Waals surface area contributed by atoms with Crippen LogP contribution in [0.2, 0.25) is 0 Å². The molecule has 1 unspecified atom stereocenters. The van der Waals surface area contributed by atoms with Gasteiger partial charge in [-0.05, 0) is 19.3 Å². The van der Waals surface area contributed by atoms with Gasteiger partial charge < -0.3 is 16.4 Å². The topological polar surface area (TPSA) is 98.1 Å². The van der Waals surface area contributed by atoms with Gasteiger partial charge in [0.25, 0.3) is 0 Å². The Bertz CT molecular complexity index is 461. The number of carbonyl (C=O) groups excluding carboxylic acids is 1. The summed E-state index contributed by atoms with van der Waals surface area (Å²) in [7, 11) is 0. The molecule has 6 nitrogen and oxygen atoms in total. The van der Waals surface area contributed by atoms with Crippen LogP contribution in [0.1, 0.15) is 25.0 Å². The van der Waals surface area contributed by atoms with E-state index in [1.54, 1.807) is 6.20 Å². The normalized spacial score (nSPS) is 19.6. The lowest BCUT2D eigenvalue weighted by Gasteiger charge is -2.34. The SMILES string of the molecule is NC(=O)C1CCCCN1c1cnc(C(N)=S)cn1. The summed E-state index contributed by atoms with van der Waals surface area (Å²) < 4.78 is 0. The second-order valence-electron chi connectivity index (χ2n) is 4.23. The second-order valence-corrected chi connectivity index (χ2v) is 4.67. The minimum absolute atomic E-state index is 0.208. The lowest BCUT2D eigenvalue weighted by Crippen LogP contribution is -2.48. The van der Waals surface area contributed by atoms with E-state index in [9.17, 15) is 4.79 Å². The highest BCUT2D eigenvalue weighted by Crippen LogP contribution is 2.22. The number of rotatable bonds is 3. The van der Waals surface area contributed by atoms with E-state index in [1.165, 1.54) is 6.20 Å². The Balaban J connectivity index is 2.23. The summed E-state index contributed by atoms with van der Waals surface area (Å²) in [4.78, 5) is 21.9. The van der Waals surface area contributed by atoms with E-state index in [2.05, 4.69) is 9.97 Å². The summed E-state index contributed by atoms with van der Waals surface area (Å²) in [6, 6.07) is -0.302. The third-order valence-corrected chi connectivity index (χ3v) is 3.23. The molecule has 0 bridgehead atoms. The first-order chi connectivity index (χ1) is 8.59. The molecule has 18 heavy (non-hydrogen) atoms. The zero-order valence-corrected chi connectivity index (χ0v) is 10.7. The summed E-state index contributed by atoms with van der Waals surface area (Å²) in [6.45, 7) is 0.759. The molecule has 0 aliphatic carbocycles. The van der Waals surface area contributed by atoms with Crippen molar-refractivity contribution < 1.29 is 4.79 Å². The molecule has 1 amide bonds. The van der Waals surface area contributed by atoms with Gasteiger partial charge in [-0.15, -0.1) is 0 Å². The van der Waals surface area contributed by atoms with Crippen LogP contribution in [0, 0.1) is 0 Å². The molecule has 0 radical (unpaired) electrons. The Kier molecular flexibility index (Phi) is 3.71. The molecule has 0 spiro atoms. The van der Waals surface area contributed by atoms with E-state index in [-0.39, 0.29) is 16.9 Å². The Morgan fingerprint density at radius 2 is 2.11 bits per heavy atom. The zero-order valence-electron chi connectivity index (χ0n) is 9.87. The molecule has 1 saturated heterocycles. The molecule has 4 N–H and O–H groups in total. The van der Waals surface area contributed by atoms with Gasteiger partial charge in [-0.3, -0.25) is 4.79 Å². The fourth-order valence-electron chi connectivity index (χ4n) is 2.10. The first kappa shape index (κ1) is 12.7. The van der Waals surface area contributed by atoms with Gasteiger partial charge in [0.05, 0.1) is 12.4 Å². The molecule has 2 heterocycles. The molecule has 0 saturated carbocycles. The number of aromatic nitrogens is 2. The van der Waals surface area contributed by atoms with Gasteiger partial charge in [-0.2, -0.15) is 0 Å². The van der Waals surface area contributed by atoms with Crippen LogP contribution in [-0.2, 0) is 4.79 Å². The average Bonchev–Trinajstić information content (AvgIpc) is 2.39. The molecule has 1 aromatic rings. The average molecular weight is 265 g/mol. The van der Waals surface area contributed by atoms with Gasteiger partial charge in [0.1, 0.15) is 22.5 Å². The van der Waals surface area contributed by atoms with Crippen molar-refractivity contribution in [3.8, 4) is 0 Å². The van der Waals surface area contributed by atoms with E-state index in [0.717, 1.165) is 25.8 Å². The predicted molar refractivity (Wildman–Crippen MR) is 72.1 cm³/mol. The highest BCUT2D eigenvalue weighted by molar-refractivity contribution is 7.80. The minimum atomic E-state index is -0.324. The molecule has 1 atom stereocenters. The molecular weight excluding hydrogens is 250 g/mol. The van der Waals surface area contributed by atoms with Crippen molar-refractivity contribution in [2.45, 2.75) is 25.3 Å². The number of nitrogens with two attached hydrogens (primary N) is 2. The Hall–Kier alpha value is -1.76. The Morgan fingerprint density at radius 3 is 2.67 bits per heavy atom. The molecule has 1 aliphatic heterocycles. The number of amides is 1. The number of carbonyl (C=O) groups is 1. The molecule has 1 fully saturated rings. The number of primary amides is 1. The standard InChI is InChI=1S/C11H15N5OS/c12-10(17)8-3-1-2-4-16(8)9-6-14-7(5-15-9)11(13)18/h5-6,8H,1-4H2,(H2,12,17)(H2,13,18). The fourth-order valence-corrected chi connectivity index (χ4v) is 2.20. The van der Waals surface area contributed by atoms with Gasteiger partial charge in [0.15, 0.2) is 0 Å². The number of piperidine rings is 1. The monoisotopic (exact) mass is 265 g/mol. The summed E-state index contributed by atoms with van der Waals surface area (Å²) in [6.07, 6.45) is 5.87. The summed E-state index contributed by atoms with van der Waals surface area (Å²) in [5.41, 5.74) is 11.3. The number of nitrogens with zero attached hydrogens (tertiary/aromatic N) is 3. The first-order valence-corrected chi connectivity index (χ1v) is 6.18. The first-order valence-electron chi connectivity index (χ1n) is 5.77. The Labute approximate surface area is 110 Å². The number of anilines is 1. The maximum absolute atomic E-state index is 11.4. The molecule has 96 valence electrons. The van der Waals surface area contributed by atoms with E-state index in [1.807, 2.05) is 4.90 Å². The molecule has 2 rings (SSSR count). The van der Waals surface area contributed by atoms with Gasteiger partial charge in [-0.1, -0.05) is 12.2 Å². The van der Waals surface area contributed by atoms with Crippen LogP contribution in [0.15, 0.2) is 12.4 Å². The van der Waals surface area contributed by atoms with Gasteiger partial charge in [0, 0.05) is 6.54 Å². The summed E-state index contributed by atoms with van der Waals surface area (Å²) in [5, 5.41) is 0. The van der Waals surface area contributed by atoms with Crippen LogP contribution in [-0.4, -0.2) is 33.5 Å². The van der Waals surface area contributed by atoms with Crippen molar-refractivity contribution >= 4 is 28.9 Å². The van der Waals surface area contributed by atoms with Crippen molar-refractivity contribution in [2.24, 2.45) is 11.5 Å². The van der Waals surface area contributed by atoms with E-state index >= 15 is 0 Å². The van der Waals surface area contributed by atoms with Crippen LogP contribution < -0.4 is 16.4 Å². The fraction of sp³-hybridized carbons (Fsp3) is 0.455. The smallest absolute Gasteiger partial charge is 0.240 e.